The Morgan fingerprint density at radius 3 is 2.58 bits per heavy atom. The number of nitriles is 1. The summed E-state index contributed by atoms with van der Waals surface area (Å²) in [4.78, 5) is 2.56. The molecular formula is C16H23N3. The fraction of sp³-hybridized carbons (Fsp3) is 0.562. The molecule has 102 valence electrons. The molecule has 0 aliphatic carbocycles. The summed E-state index contributed by atoms with van der Waals surface area (Å²) < 4.78 is 0. The second-order valence-electron chi connectivity index (χ2n) is 5.55. The van der Waals surface area contributed by atoms with Gasteiger partial charge in [0.1, 0.15) is 0 Å². The van der Waals surface area contributed by atoms with Gasteiger partial charge >= 0.3 is 0 Å². The molecule has 1 aliphatic rings. The van der Waals surface area contributed by atoms with E-state index in [1.54, 1.807) is 0 Å². The summed E-state index contributed by atoms with van der Waals surface area (Å²) in [6.07, 6.45) is 2.73. The van der Waals surface area contributed by atoms with Gasteiger partial charge in [0.25, 0.3) is 0 Å². The largest absolute Gasteiger partial charge is 0.312 e. The van der Waals surface area contributed by atoms with Crippen LogP contribution >= 0.6 is 0 Å². The van der Waals surface area contributed by atoms with E-state index in [9.17, 15) is 0 Å². The van der Waals surface area contributed by atoms with Gasteiger partial charge in [-0.1, -0.05) is 19.1 Å². The van der Waals surface area contributed by atoms with Crippen molar-refractivity contribution in [3.8, 4) is 6.07 Å². The summed E-state index contributed by atoms with van der Waals surface area (Å²) in [5, 5.41) is 12.2. The van der Waals surface area contributed by atoms with Gasteiger partial charge in [-0.25, -0.2) is 0 Å². The first kappa shape index (κ1) is 14.0. The van der Waals surface area contributed by atoms with Gasteiger partial charge in [0.15, 0.2) is 0 Å². The Labute approximate surface area is 116 Å². The van der Waals surface area contributed by atoms with Crippen LogP contribution in [0.2, 0.25) is 0 Å². The first-order chi connectivity index (χ1) is 9.28. The standard InChI is InChI=1S/C16H23N3/c1-14(13-19-8-2-3-9-19)11-18-12-16-6-4-15(10-17)5-7-16/h4-7,14,18H,2-3,8-9,11-13H2,1H3. The number of nitrogens with one attached hydrogen (secondary N) is 1. The lowest BCUT2D eigenvalue weighted by Crippen LogP contribution is -2.31. The predicted molar refractivity (Wildman–Crippen MR) is 77.7 cm³/mol. The van der Waals surface area contributed by atoms with Crippen molar-refractivity contribution in [3.63, 3.8) is 0 Å². The molecule has 1 heterocycles. The van der Waals surface area contributed by atoms with Gasteiger partial charge < -0.3 is 10.2 Å². The molecule has 2 rings (SSSR count). The number of hydrogen-bond acceptors (Lipinski definition) is 3. The Kier molecular flexibility index (Phi) is 5.38. The monoisotopic (exact) mass is 257 g/mol. The molecule has 1 aromatic carbocycles. The molecule has 0 spiro atoms. The van der Waals surface area contributed by atoms with E-state index < -0.39 is 0 Å². The number of likely N-dealkylation sites (tertiary alicyclic amines) is 1. The molecule has 0 radical (unpaired) electrons. The van der Waals surface area contributed by atoms with Crippen molar-refractivity contribution in [1.29, 1.82) is 5.26 Å². The van der Waals surface area contributed by atoms with Crippen LogP contribution in [0.1, 0.15) is 30.9 Å². The summed E-state index contributed by atoms with van der Waals surface area (Å²) >= 11 is 0. The zero-order valence-corrected chi connectivity index (χ0v) is 11.7. The van der Waals surface area contributed by atoms with Gasteiger partial charge in [0.2, 0.25) is 0 Å². The minimum Gasteiger partial charge on any atom is -0.312 e. The summed E-state index contributed by atoms with van der Waals surface area (Å²) in [5.41, 5.74) is 1.97. The van der Waals surface area contributed by atoms with Crippen LogP contribution in [0.3, 0.4) is 0 Å². The maximum absolute atomic E-state index is 8.74. The normalized spacial score (nSPS) is 17.3. The Morgan fingerprint density at radius 2 is 1.95 bits per heavy atom. The molecule has 1 unspecified atom stereocenters. The Hall–Kier alpha value is -1.37. The highest BCUT2D eigenvalue weighted by molar-refractivity contribution is 5.31. The molecule has 3 nitrogen and oxygen atoms in total. The van der Waals surface area contributed by atoms with Gasteiger partial charge in [0.05, 0.1) is 11.6 Å². The van der Waals surface area contributed by atoms with Crippen molar-refractivity contribution in [2.45, 2.75) is 26.3 Å². The molecule has 1 atom stereocenters. The lowest BCUT2D eigenvalue weighted by atomic mass is 10.1. The first-order valence-corrected chi connectivity index (χ1v) is 7.20. The van der Waals surface area contributed by atoms with Crippen molar-refractivity contribution in [2.75, 3.05) is 26.2 Å². The predicted octanol–water partition coefficient (Wildman–Crippen LogP) is 2.38. The van der Waals surface area contributed by atoms with Crippen LogP contribution in [-0.2, 0) is 6.54 Å². The average molecular weight is 257 g/mol. The molecule has 1 aliphatic heterocycles. The minimum absolute atomic E-state index is 0.691. The summed E-state index contributed by atoms with van der Waals surface area (Å²) in [6.45, 7) is 8.01. The average Bonchev–Trinajstić information content (AvgIpc) is 2.92. The van der Waals surface area contributed by atoms with E-state index in [0.717, 1.165) is 18.7 Å². The van der Waals surface area contributed by atoms with Crippen LogP contribution in [0.25, 0.3) is 0 Å². The van der Waals surface area contributed by atoms with E-state index in [0.29, 0.717) is 5.92 Å². The van der Waals surface area contributed by atoms with E-state index in [-0.39, 0.29) is 0 Å². The van der Waals surface area contributed by atoms with Crippen LogP contribution in [0.15, 0.2) is 24.3 Å². The third kappa shape index (κ3) is 4.66. The van der Waals surface area contributed by atoms with Crippen molar-refractivity contribution >= 4 is 0 Å². The summed E-state index contributed by atoms with van der Waals surface area (Å²) in [5.74, 6) is 0.691. The van der Waals surface area contributed by atoms with Gasteiger partial charge in [-0.2, -0.15) is 5.26 Å². The highest BCUT2D eigenvalue weighted by Gasteiger charge is 2.14. The molecule has 1 aromatic rings. The second kappa shape index (κ2) is 7.28. The third-order valence-corrected chi connectivity index (χ3v) is 3.67. The van der Waals surface area contributed by atoms with E-state index in [2.05, 4.69) is 23.2 Å². The Morgan fingerprint density at radius 1 is 1.26 bits per heavy atom. The van der Waals surface area contributed by atoms with Crippen LogP contribution in [0.4, 0.5) is 0 Å². The van der Waals surface area contributed by atoms with Crippen molar-refractivity contribution in [1.82, 2.24) is 10.2 Å². The van der Waals surface area contributed by atoms with Crippen molar-refractivity contribution in [3.05, 3.63) is 35.4 Å². The second-order valence-corrected chi connectivity index (χ2v) is 5.55. The zero-order chi connectivity index (χ0) is 13.5. The molecule has 1 N–H and O–H groups in total. The molecular weight excluding hydrogens is 234 g/mol. The highest BCUT2D eigenvalue weighted by atomic mass is 15.1. The Balaban J connectivity index is 1.66. The molecule has 0 bridgehead atoms. The maximum atomic E-state index is 8.74. The molecule has 0 aromatic heterocycles. The molecule has 19 heavy (non-hydrogen) atoms. The van der Waals surface area contributed by atoms with Gasteiger partial charge in [-0.05, 0) is 56.1 Å². The fourth-order valence-electron chi connectivity index (χ4n) is 2.63. The van der Waals surface area contributed by atoms with Gasteiger partial charge in [-0.15, -0.1) is 0 Å². The quantitative estimate of drug-likeness (QED) is 0.850. The molecule has 0 saturated carbocycles. The van der Waals surface area contributed by atoms with Gasteiger partial charge in [0, 0.05) is 13.1 Å². The lowest BCUT2D eigenvalue weighted by molar-refractivity contribution is 0.282. The first-order valence-electron chi connectivity index (χ1n) is 7.20. The van der Waals surface area contributed by atoms with Crippen molar-refractivity contribution < 1.29 is 0 Å². The number of hydrogen-bond donors (Lipinski definition) is 1. The smallest absolute Gasteiger partial charge is 0.0991 e. The number of benzene rings is 1. The van der Waals surface area contributed by atoms with Crippen LogP contribution < -0.4 is 5.32 Å². The highest BCUT2D eigenvalue weighted by Crippen LogP contribution is 2.10. The molecule has 1 saturated heterocycles. The summed E-state index contributed by atoms with van der Waals surface area (Å²) in [7, 11) is 0. The molecule has 0 amide bonds. The summed E-state index contributed by atoms with van der Waals surface area (Å²) in [6, 6.07) is 9.95. The van der Waals surface area contributed by atoms with E-state index in [1.165, 1.54) is 38.0 Å². The minimum atomic E-state index is 0.691. The molecule has 3 heteroatoms. The van der Waals surface area contributed by atoms with Crippen molar-refractivity contribution in [2.24, 2.45) is 5.92 Å². The van der Waals surface area contributed by atoms with Crippen LogP contribution in [0, 0.1) is 17.2 Å². The van der Waals surface area contributed by atoms with Crippen LogP contribution in [0.5, 0.6) is 0 Å². The SMILES string of the molecule is CC(CNCc1ccc(C#N)cc1)CN1CCCC1. The van der Waals surface area contributed by atoms with E-state index in [4.69, 9.17) is 5.26 Å². The fourth-order valence-corrected chi connectivity index (χ4v) is 2.63. The number of nitrogens with zero attached hydrogens (tertiary/aromatic N) is 2. The Bertz CT molecular complexity index is 413. The van der Waals surface area contributed by atoms with E-state index >= 15 is 0 Å². The lowest BCUT2D eigenvalue weighted by Gasteiger charge is -2.20. The third-order valence-electron chi connectivity index (χ3n) is 3.67. The number of rotatable bonds is 6. The van der Waals surface area contributed by atoms with Crippen LogP contribution in [-0.4, -0.2) is 31.1 Å². The van der Waals surface area contributed by atoms with E-state index in [1.807, 2.05) is 24.3 Å². The zero-order valence-electron chi connectivity index (χ0n) is 11.7. The molecule has 1 fully saturated rings. The maximum Gasteiger partial charge on any atom is 0.0991 e. The topological polar surface area (TPSA) is 39.1 Å². The van der Waals surface area contributed by atoms with Gasteiger partial charge in [-0.3, -0.25) is 0 Å².